The molecule has 0 saturated heterocycles. The van der Waals surface area contributed by atoms with Crippen LogP contribution in [0.4, 0.5) is 0 Å². The third-order valence-corrected chi connectivity index (χ3v) is 4.92. The number of rotatable bonds is 3. The van der Waals surface area contributed by atoms with E-state index >= 15 is 0 Å². The van der Waals surface area contributed by atoms with Crippen LogP contribution in [0.2, 0.25) is 0 Å². The molecular formula is C18H12N4O2S. The van der Waals surface area contributed by atoms with Gasteiger partial charge in [-0.1, -0.05) is 29.5 Å². The van der Waals surface area contributed by atoms with E-state index in [4.69, 9.17) is 9.15 Å². The van der Waals surface area contributed by atoms with Crippen LogP contribution in [0.5, 0.6) is 5.75 Å². The van der Waals surface area contributed by atoms with Crippen LogP contribution in [-0.2, 0) is 0 Å². The molecule has 3 aromatic heterocycles. The van der Waals surface area contributed by atoms with Crippen LogP contribution in [0.25, 0.3) is 38.1 Å². The van der Waals surface area contributed by atoms with Gasteiger partial charge in [0.25, 0.3) is 0 Å². The molecule has 3 heterocycles. The summed E-state index contributed by atoms with van der Waals surface area (Å²) in [6.45, 7) is 0. The quantitative estimate of drug-likeness (QED) is 0.487. The molecule has 6 nitrogen and oxygen atoms in total. The number of furan rings is 1. The standard InChI is InChI=1S/C18H12N4O2S/c1-23-13-8-6-11(7-9-13)17-21-22-16(19-20-18(22)25-17)15-10-12-4-2-3-5-14(12)24-15/h2-10H,1H3. The zero-order valence-electron chi connectivity index (χ0n) is 13.2. The first-order chi connectivity index (χ1) is 12.3. The first kappa shape index (κ1) is 14.2. The summed E-state index contributed by atoms with van der Waals surface area (Å²) in [7, 11) is 1.65. The second kappa shape index (κ2) is 5.42. The second-order valence-electron chi connectivity index (χ2n) is 5.50. The summed E-state index contributed by atoms with van der Waals surface area (Å²) in [5.74, 6) is 2.07. The molecule has 7 heteroatoms. The molecule has 0 atom stereocenters. The predicted octanol–water partition coefficient (Wildman–Crippen LogP) is 4.27. The lowest BCUT2D eigenvalue weighted by molar-refractivity contribution is 0.415. The monoisotopic (exact) mass is 348 g/mol. The molecule has 0 amide bonds. The molecule has 0 N–H and O–H groups in total. The van der Waals surface area contributed by atoms with E-state index < -0.39 is 0 Å². The SMILES string of the molecule is COc1ccc(-c2nn3c(-c4cc5ccccc5o4)nnc3s2)cc1. The van der Waals surface area contributed by atoms with Crippen molar-refractivity contribution >= 4 is 27.3 Å². The van der Waals surface area contributed by atoms with Crippen LogP contribution < -0.4 is 4.74 Å². The minimum Gasteiger partial charge on any atom is -0.497 e. The smallest absolute Gasteiger partial charge is 0.235 e. The zero-order valence-corrected chi connectivity index (χ0v) is 14.0. The van der Waals surface area contributed by atoms with E-state index in [0.717, 1.165) is 32.3 Å². The van der Waals surface area contributed by atoms with Gasteiger partial charge >= 0.3 is 0 Å². The van der Waals surface area contributed by atoms with Crippen molar-refractivity contribution in [1.29, 1.82) is 0 Å². The molecule has 0 bridgehead atoms. The number of nitrogens with zero attached hydrogens (tertiary/aromatic N) is 4. The van der Waals surface area contributed by atoms with Gasteiger partial charge in [0.15, 0.2) is 5.76 Å². The van der Waals surface area contributed by atoms with Gasteiger partial charge in [0.2, 0.25) is 10.8 Å². The Morgan fingerprint density at radius 2 is 1.88 bits per heavy atom. The van der Waals surface area contributed by atoms with Crippen molar-refractivity contribution in [1.82, 2.24) is 19.8 Å². The van der Waals surface area contributed by atoms with Gasteiger partial charge < -0.3 is 9.15 Å². The molecule has 5 aromatic rings. The number of benzene rings is 2. The second-order valence-corrected chi connectivity index (χ2v) is 6.46. The molecule has 0 aliphatic rings. The van der Waals surface area contributed by atoms with Gasteiger partial charge in [-0.15, -0.1) is 10.2 Å². The van der Waals surface area contributed by atoms with Gasteiger partial charge in [-0.2, -0.15) is 9.61 Å². The van der Waals surface area contributed by atoms with Gasteiger partial charge in [-0.3, -0.25) is 0 Å². The van der Waals surface area contributed by atoms with Crippen LogP contribution >= 0.6 is 11.3 Å². The van der Waals surface area contributed by atoms with E-state index in [2.05, 4.69) is 15.3 Å². The van der Waals surface area contributed by atoms with Crippen molar-refractivity contribution < 1.29 is 9.15 Å². The largest absolute Gasteiger partial charge is 0.497 e. The molecule has 25 heavy (non-hydrogen) atoms. The molecule has 0 unspecified atom stereocenters. The normalized spacial score (nSPS) is 11.4. The Bertz CT molecular complexity index is 1150. The third kappa shape index (κ3) is 2.28. The highest BCUT2D eigenvalue weighted by Crippen LogP contribution is 2.31. The van der Waals surface area contributed by atoms with E-state index in [0.29, 0.717) is 11.6 Å². The van der Waals surface area contributed by atoms with E-state index in [9.17, 15) is 0 Å². The summed E-state index contributed by atoms with van der Waals surface area (Å²) in [4.78, 5) is 0.723. The van der Waals surface area contributed by atoms with Crippen molar-refractivity contribution in [3.63, 3.8) is 0 Å². The molecule has 122 valence electrons. The minimum atomic E-state index is 0.599. The maximum atomic E-state index is 5.89. The highest BCUT2D eigenvalue weighted by molar-refractivity contribution is 7.19. The molecule has 0 aliphatic carbocycles. The minimum absolute atomic E-state index is 0.599. The van der Waals surface area contributed by atoms with Crippen LogP contribution in [0.3, 0.4) is 0 Å². The maximum Gasteiger partial charge on any atom is 0.235 e. The molecule has 0 fully saturated rings. The molecule has 0 spiro atoms. The summed E-state index contributed by atoms with van der Waals surface area (Å²) < 4.78 is 12.8. The summed E-state index contributed by atoms with van der Waals surface area (Å²) in [6.07, 6.45) is 0. The summed E-state index contributed by atoms with van der Waals surface area (Å²) in [5.41, 5.74) is 1.83. The Kier molecular flexibility index (Phi) is 3.07. The summed E-state index contributed by atoms with van der Waals surface area (Å²) >= 11 is 1.48. The fourth-order valence-electron chi connectivity index (χ4n) is 2.71. The van der Waals surface area contributed by atoms with Crippen LogP contribution in [0.15, 0.2) is 59.0 Å². The number of methoxy groups -OCH3 is 1. The van der Waals surface area contributed by atoms with Crippen LogP contribution in [-0.4, -0.2) is 26.9 Å². The lowest BCUT2D eigenvalue weighted by atomic mass is 10.2. The van der Waals surface area contributed by atoms with Crippen molar-refractivity contribution in [2.24, 2.45) is 0 Å². The fraction of sp³-hybridized carbons (Fsp3) is 0.0556. The molecule has 5 rings (SSSR count). The van der Waals surface area contributed by atoms with Gasteiger partial charge in [-0.05, 0) is 36.4 Å². The van der Waals surface area contributed by atoms with Crippen molar-refractivity contribution in [2.45, 2.75) is 0 Å². The van der Waals surface area contributed by atoms with Gasteiger partial charge in [0.1, 0.15) is 16.3 Å². The Hall–Kier alpha value is -3.19. The predicted molar refractivity (Wildman–Crippen MR) is 95.9 cm³/mol. The van der Waals surface area contributed by atoms with Crippen molar-refractivity contribution in [2.75, 3.05) is 7.11 Å². The summed E-state index contributed by atoms with van der Waals surface area (Å²) in [6, 6.07) is 17.6. The topological polar surface area (TPSA) is 65.5 Å². The average molecular weight is 348 g/mol. The molecule has 0 saturated carbocycles. The Morgan fingerprint density at radius 3 is 2.68 bits per heavy atom. The van der Waals surface area contributed by atoms with E-state index in [1.165, 1.54) is 11.3 Å². The fourth-order valence-corrected chi connectivity index (χ4v) is 3.56. The van der Waals surface area contributed by atoms with E-state index in [-0.39, 0.29) is 0 Å². The van der Waals surface area contributed by atoms with E-state index in [1.54, 1.807) is 11.6 Å². The van der Waals surface area contributed by atoms with Crippen LogP contribution in [0.1, 0.15) is 0 Å². The third-order valence-electron chi connectivity index (χ3n) is 3.97. The van der Waals surface area contributed by atoms with Gasteiger partial charge in [0, 0.05) is 10.9 Å². The highest BCUT2D eigenvalue weighted by Gasteiger charge is 2.17. The van der Waals surface area contributed by atoms with Crippen molar-refractivity contribution in [3.05, 3.63) is 54.6 Å². The average Bonchev–Trinajstić information content (AvgIpc) is 3.34. The first-order valence-corrected chi connectivity index (χ1v) is 8.49. The van der Waals surface area contributed by atoms with Crippen LogP contribution in [0, 0.1) is 0 Å². The number of ether oxygens (including phenoxy) is 1. The molecular weight excluding hydrogens is 336 g/mol. The Morgan fingerprint density at radius 1 is 1.04 bits per heavy atom. The first-order valence-electron chi connectivity index (χ1n) is 7.67. The summed E-state index contributed by atoms with van der Waals surface area (Å²) in [5, 5.41) is 15.0. The zero-order chi connectivity index (χ0) is 16.8. The molecule has 0 aliphatic heterocycles. The number of hydrogen-bond acceptors (Lipinski definition) is 6. The Balaban J connectivity index is 1.61. The number of hydrogen-bond donors (Lipinski definition) is 0. The highest BCUT2D eigenvalue weighted by atomic mass is 32.1. The lowest BCUT2D eigenvalue weighted by Gasteiger charge is -1.99. The Labute approximate surface area is 146 Å². The molecule has 0 radical (unpaired) electrons. The molecule has 2 aromatic carbocycles. The van der Waals surface area contributed by atoms with Gasteiger partial charge in [-0.25, -0.2) is 0 Å². The maximum absolute atomic E-state index is 5.89. The number of para-hydroxylation sites is 1. The van der Waals surface area contributed by atoms with Gasteiger partial charge in [0.05, 0.1) is 7.11 Å². The number of aromatic nitrogens is 4. The van der Waals surface area contributed by atoms with Crippen molar-refractivity contribution in [3.8, 4) is 27.9 Å². The van der Waals surface area contributed by atoms with E-state index in [1.807, 2.05) is 54.6 Å². The number of fused-ring (bicyclic) bond motifs is 2. The lowest BCUT2D eigenvalue weighted by Crippen LogP contribution is -1.89.